The van der Waals surface area contributed by atoms with Gasteiger partial charge in [0.15, 0.2) is 10.8 Å². The minimum atomic E-state index is -0.0797. The van der Waals surface area contributed by atoms with Crippen LogP contribution in [0.1, 0.15) is 18.1 Å². The molecule has 266 valence electrons. The number of imidazole rings is 1. The molecule has 7 aromatic carbocycles. The third kappa shape index (κ3) is 5.71. The molecule has 0 radical (unpaired) electrons. The number of nitrogens with zero attached hydrogens (tertiary/aromatic N) is 5. The summed E-state index contributed by atoms with van der Waals surface area (Å²) in [5, 5.41) is 12.2. The molecule has 10 aromatic rings. The summed E-state index contributed by atoms with van der Waals surface area (Å²) >= 11 is 1.51. The van der Waals surface area contributed by atoms with Crippen LogP contribution in [0.3, 0.4) is 0 Å². The molecule has 3 aromatic heterocycles. The number of fused-ring (bicyclic) bond motifs is 7. The van der Waals surface area contributed by atoms with Crippen LogP contribution in [-0.2, 0) is 0 Å². The van der Waals surface area contributed by atoms with Crippen molar-refractivity contribution < 1.29 is 0 Å². The number of hydrogen-bond acceptors (Lipinski definition) is 4. The lowest BCUT2D eigenvalue weighted by molar-refractivity contribution is 1.18. The molecule has 1 N–H and O–H groups in total. The van der Waals surface area contributed by atoms with Gasteiger partial charge in [-0.05, 0) is 77.2 Å². The molecule has 56 heavy (non-hydrogen) atoms. The maximum atomic E-state index is 13.9. The first kappa shape index (κ1) is 33.3. The van der Waals surface area contributed by atoms with Gasteiger partial charge in [-0.2, -0.15) is 4.99 Å². The monoisotopic (exact) mass is 740 g/mol. The van der Waals surface area contributed by atoms with Crippen LogP contribution in [0.4, 0.5) is 0 Å². The van der Waals surface area contributed by atoms with Gasteiger partial charge in [-0.15, -0.1) is 0 Å². The third-order valence-electron chi connectivity index (χ3n) is 10.3. The number of para-hydroxylation sites is 3. The molecule has 0 aliphatic rings. The zero-order chi connectivity index (χ0) is 37.8. The standard InChI is InChI=1S/C48H32N6OS/c1-30(31-12-4-2-5-13-31)50-45(34-22-20-33(21-23-34)32-14-6-3-7-15-32)52-47(49)53-41-18-10-8-16-37(41)38-28-35(24-26-42(38)53)36-25-27-44-39(29-36)46(55)54-43-19-11-9-17-40(43)51-48(54)56-44/h2-29,49H,1H3/b49-47?,50-30?,52-45-. The number of benzene rings is 7. The van der Waals surface area contributed by atoms with Gasteiger partial charge in [-0.3, -0.25) is 14.8 Å². The van der Waals surface area contributed by atoms with E-state index >= 15 is 0 Å². The van der Waals surface area contributed by atoms with E-state index in [0.29, 0.717) is 16.2 Å². The highest BCUT2D eigenvalue weighted by atomic mass is 32.1. The van der Waals surface area contributed by atoms with Crippen molar-refractivity contribution in [1.82, 2.24) is 14.0 Å². The van der Waals surface area contributed by atoms with E-state index in [2.05, 4.69) is 48.5 Å². The summed E-state index contributed by atoms with van der Waals surface area (Å²) in [7, 11) is 0. The normalized spacial score (nSPS) is 12.4. The van der Waals surface area contributed by atoms with Crippen molar-refractivity contribution >= 4 is 76.7 Å². The number of amidine groups is 1. The Bertz CT molecular complexity index is 3280. The van der Waals surface area contributed by atoms with Crippen LogP contribution in [0.25, 0.3) is 70.1 Å². The predicted octanol–water partition coefficient (Wildman–Crippen LogP) is 11.2. The average Bonchev–Trinajstić information content (AvgIpc) is 3.79. The fourth-order valence-electron chi connectivity index (χ4n) is 7.48. The Morgan fingerprint density at radius 2 is 1.18 bits per heavy atom. The van der Waals surface area contributed by atoms with Gasteiger partial charge in [0.25, 0.3) is 5.56 Å². The van der Waals surface area contributed by atoms with Gasteiger partial charge in [-0.25, -0.2) is 14.4 Å². The number of rotatable bonds is 4. The molecule has 0 aliphatic heterocycles. The van der Waals surface area contributed by atoms with Crippen LogP contribution >= 0.6 is 11.3 Å². The molecule has 0 atom stereocenters. The molecule has 0 aliphatic carbocycles. The molecule has 0 spiro atoms. The van der Waals surface area contributed by atoms with Crippen molar-refractivity contribution in [2.45, 2.75) is 6.92 Å². The van der Waals surface area contributed by atoms with Crippen LogP contribution in [-0.4, -0.2) is 31.5 Å². The summed E-state index contributed by atoms with van der Waals surface area (Å²) in [5.41, 5.74) is 9.97. The van der Waals surface area contributed by atoms with Crippen molar-refractivity contribution in [3.05, 3.63) is 191 Å². The Morgan fingerprint density at radius 3 is 1.96 bits per heavy atom. The number of nitrogens with one attached hydrogen (secondary N) is 1. The predicted molar refractivity (Wildman–Crippen MR) is 233 cm³/mol. The van der Waals surface area contributed by atoms with E-state index in [9.17, 15) is 10.2 Å². The maximum Gasteiger partial charge on any atom is 0.266 e. The Morgan fingerprint density at radius 1 is 0.571 bits per heavy atom. The highest BCUT2D eigenvalue weighted by Gasteiger charge is 2.17. The number of hydrogen-bond donors (Lipinski definition) is 1. The van der Waals surface area contributed by atoms with Crippen LogP contribution in [0.5, 0.6) is 0 Å². The van der Waals surface area contributed by atoms with Gasteiger partial charge in [0.1, 0.15) is 0 Å². The molecule has 0 bridgehead atoms. The van der Waals surface area contributed by atoms with Gasteiger partial charge in [0.2, 0.25) is 5.96 Å². The molecule has 10 rings (SSSR count). The summed E-state index contributed by atoms with van der Waals surface area (Å²) in [5.74, 6) is 0.499. The summed E-state index contributed by atoms with van der Waals surface area (Å²) in [6.07, 6.45) is 0. The largest absolute Gasteiger partial charge is 0.278 e. The minimum absolute atomic E-state index is 0.0514. The molecule has 0 saturated carbocycles. The number of aliphatic imine (C=N–C) groups is 2. The van der Waals surface area contributed by atoms with Gasteiger partial charge in [-0.1, -0.05) is 139 Å². The second-order valence-electron chi connectivity index (χ2n) is 13.7. The first-order valence-corrected chi connectivity index (χ1v) is 19.1. The Kier molecular flexibility index (Phi) is 8.04. The fraction of sp³-hybridized carbons (Fsp3) is 0.0208. The molecule has 3 heterocycles. The van der Waals surface area contributed by atoms with E-state index in [1.165, 1.54) is 11.3 Å². The van der Waals surface area contributed by atoms with E-state index in [1.54, 1.807) is 4.40 Å². The van der Waals surface area contributed by atoms with Gasteiger partial charge < -0.3 is 0 Å². The summed E-state index contributed by atoms with van der Waals surface area (Å²) in [6, 6.07) is 56.6. The average molecular weight is 741 g/mol. The molecule has 0 unspecified atom stereocenters. The zero-order valence-electron chi connectivity index (χ0n) is 30.2. The topological polar surface area (TPSA) is 87.9 Å². The van der Waals surface area contributed by atoms with Crippen molar-refractivity contribution in [3.8, 4) is 22.3 Å². The quantitative estimate of drug-likeness (QED) is 0.144. The first-order valence-electron chi connectivity index (χ1n) is 18.3. The first-order chi connectivity index (χ1) is 27.5. The van der Waals surface area contributed by atoms with Crippen LogP contribution in [0.15, 0.2) is 185 Å². The summed E-state index contributed by atoms with van der Waals surface area (Å²) < 4.78 is 4.49. The Balaban J connectivity index is 1.09. The van der Waals surface area contributed by atoms with E-state index in [4.69, 9.17) is 15.0 Å². The van der Waals surface area contributed by atoms with Crippen molar-refractivity contribution in [1.29, 1.82) is 5.41 Å². The fourth-order valence-corrected chi connectivity index (χ4v) is 8.49. The molecular formula is C48H32N6OS. The van der Waals surface area contributed by atoms with E-state index in [0.717, 1.165) is 76.6 Å². The molecule has 0 fully saturated rings. The molecule has 0 amide bonds. The second kappa shape index (κ2) is 13.5. The lowest BCUT2D eigenvalue weighted by Gasteiger charge is -2.10. The smallest absolute Gasteiger partial charge is 0.266 e. The summed E-state index contributed by atoms with van der Waals surface area (Å²) in [4.78, 5) is 29.3. The van der Waals surface area contributed by atoms with Crippen LogP contribution in [0, 0.1) is 5.41 Å². The molecule has 7 nitrogen and oxygen atoms in total. The van der Waals surface area contributed by atoms with Crippen molar-refractivity contribution in [2.24, 2.45) is 9.98 Å². The minimum Gasteiger partial charge on any atom is -0.278 e. The van der Waals surface area contributed by atoms with Gasteiger partial charge in [0, 0.05) is 26.7 Å². The highest BCUT2D eigenvalue weighted by molar-refractivity contribution is 7.23. The Hall–Kier alpha value is -7.29. The van der Waals surface area contributed by atoms with Gasteiger partial charge >= 0.3 is 0 Å². The Labute approximate surface area is 325 Å². The number of aromatic nitrogens is 3. The van der Waals surface area contributed by atoms with Crippen molar-refractivity contribution in [2.75, 3.05) is 0 Å². The lowest BCUT2D eigenvalue weighted by Crippen LogP contribution is -2.12. The highest BCUT2D eigenvalue weighted by Crippen LogP contribution is 2.34. The second-order valence-corrected chi connectivity index (χ2v) is 14.7. The molecular weight excluding hydrogens is 709 g/mol. The van der Waals surface area contributed by atoms with Crippen LogP contribution in [0.2, 0.25) is 0 Å². The van der Waals surface area contributed by atoms with Gasteiger partial charge in [0.05, 0.1) is 27.5 Å². The lowest BCUT2D eigenvalue weighted by atomic mass is 10.0. The SMILES string of the molecule is CC(=N/C(=N\C(=N)n1c2ccccc2c2cc(-c3ccc4sc5nc6ccccc6n5c(=O)c4c3)ccc21)c1ccc(-c2ccccc2)cc1)c1ccccc1. The van der Waals surface area contributed by atoms with E-state index in [1.807, 2.05) is 133 Å². The van der Waals surface area contributed by atoms with E-state index < -0.39 is 0 Å². The molecule has 8 heteroatoms. The third-order valence-corrected chi connectivity index (χ3v) is 11.3. The zero-order valence-corrected chi connectivity index (χ0v) is 31.0. The summed E-state index contributed by atoms with van der Waals surface area (Å²) in [6.45, 7) is 1.97. The van der Waals surface area contributed by atoms with E-state index in [-0.39, 0.29) is 11.5 Å². The van der Waals surface area contributed by atoms with Crippen molar-refractivity contribution in [3.63, 3.8) is 0 Å². The molecule has 0 saturated heterocycles. The maximum absolute atomic E-state index is 13.9. The van der Waals surface area contributed by atoms with Crippen LogP contribution < -0.4 is 5.56 Å².